The highest BCUT2D eigenvalue weighted by Crippen LogP contribution is 2.25. The summed E-state index contributed by atoms with van der Waals surface area (Å²) in [5.74, 6) is 0.833. The van der Waals surface area contributed by atoms with Crippen molar-refractivity contribution in [1.29, 1.82) is 0 Å². The standard InChI is InChI=1S/C13H18N2O/c1-16-13-7-3-2-6-12(13)14-8-11-15-9-4-5-10-15/h2-3,6-8H,4-5,9-11H2,1H3. The number of hydrogen-bond donors (Lipinski definition) is 0. The van der Waals surface area contributed by atoms with Crippen LogP contribution >= 0.6 is 0 Å². The molecule has 0 aromatic heterocycles. The molecule has 0 aliphatic carbocycles. The number of ether oxygens (including phenoxy) is 1. The summed E-state index contributed by atoms with van der Waals surface area (Å²) in [6.07, 6.45) is 4.62. The van der Waals surface area contributed by atoms with E-state index in [0.717, 1.165) is 18.0 Å². The van der Waals surface area contributed by atoms with Crippen molar-refractivity contribution in [3.63, 3.8) is 0 Å². The number of likely N-dealkylation sites (tertiary alicyclic amines) is 1. The van der Waals surface area contributed by atoms with Crippen molar-refractivity contribution in [2.75, 3.05) is 26.7 Å². The van der Waals surface area contributed by atoms with Gasteiger partial charge in [-0.1, -0.05) is 12.1 Å². The molecule has 0 spiro atoms. The Hall–Kier alpha value is -1.35. The first-order valence-corrected chi connectivity index (χ1v) is 5.78. The molecule has 0 bridgehead atoms. The van der Waals surface area contributed by atoms with Crippen LogP contribution in [-0.4, -0.2) is 37.9 Å². The summed E-state index contributed by atoms with van der Waals surface area (Å²) in [6, 6.07) is 7.84. The van der Waals surface area contributed by atoms with Crippen LogP contribution in [0.1, 0.15) is 12.8 Å². The van der Waals surface area contributed by atoms with Gasteiger partial charge in [0.2, 0.25) is 0 Å². The lowest BCUT2D eigenvalue weighted by molar-refractivity contribution is 0.391. The summed E-state index contributed by atoms with van der Waals surface area (Å²) in [4.78, 5) is 6.86. The van der Waals surface area contributed by atoms with E-state index in [1.807, 2.05) is 30.5 Å². The Bertz CT molecular complexity index is 357. The molecule has 1 heterocycles. The monoisotopic (exact) mass is 218 g/mol. The van der Waals surface area contributed by atoms with Crippen LogP contribution in [-0.2, 0) is 0 Å². The van der Waals surface area contributed by atoms with Crippen LogP contribution in [0.2, 0.25) is 0 Å². The molecular formula is C13H18N2O. The van der Waals surface area contributed by atoms with E-state index in [1.54, 1.807) is 7.11 Å². The van der Waals surface area contributed by atoms with E-state index in [0.29, 0.717) is 0 Å². The maximum Gasteiger partial charge on any atom is 0.144 e. The zero-order valence-electron chi connectivity index (χ0n) is 9.72. The summed E-state index contributed by atoms with van der Waals surface area (Å²) < 4.78 is 5.24. The molecule has 0 saturated carbocycles. The van der Waals surface area contributed by atoms with Crippen LogP contribution in [0.15, 0.2) is 29.3 Å². The third kappa shape index (κ3) is 2.83. The molecule has 0 atom stereocenters. The molecule has 0 radical (unpaired) electrons. The molecule has 0 amide bonds. The number of para-hydroxylation sites is 2. The number of methoxy groups -OCH3 is 1. The Morgan fingerprint density at radius 2 is 2.06 bits per heavy atom. The number of rotatable bonds is 4. The van der Waals surface area contributed by atoms with Crippen molar-refractivity contribution < 1.29 is 4.74 Å². The van der Waals surface area contributed by atoms with E-state index in [2.05, 4.69) is 9.89 Å². The molecule has 1 fully saturated rings. The maximum atomic E-state index is 5.24. The average Bonchev–Trinajstić information content (AvgIpc) is 2.83. The van der Waals surface area contributed by atoms with Crippen molar-refractivity contribution >= 4 is 11.9 Å². The summed E-state index contributed by atoms with van der Waals surface area (Å²) in [7, 11) is 1.68. The van der Waals surface area contributed by atoms with E-state index < -0.39 is 0 Å². The van der Waals surface area contributed by atoms with Gasteiger partial charge in [-0.2, -0.15) is 0 Å². The van der Waals surface area contributed by atoms with Gasteiger partial charge in [0.15, 0.2) is 0 Å². The third-order valence-electron chi connectivity index (χ3n) is 2.85. The third-order valence-corrected chi connectivity index (χ3v) is 2.85. The first-order chi connectivity index (χ1) is 7.90. The number of aliphatic imine (C=N–C) groups is 1. The second-order valence-electron chi connectivity index (χ2n) is 3.99. The molecule has 1 saturated heterocycles. The fourth-order valence-corrected chi connectivity index (χ4v) is 1.96. The second-order valence-corrected chi connectivity index (χ2v) is 3.99. The minimum absolute atomic E-state index is 0.833. The minimum atomic E-state index is 0.833. The first kappa shape index (κ1) is 11.1. The lowest BCUT2D eigenvalue weighted by atomic mass is 10.3. The van der Waals surface area contributed by atoms with E-state index in [-0.39, 0.29) is 0 Å². The van der Waals surface area contributed by atoms with E-state index >= 15 is 0 Å². The molecule has 1 aliphatic heterocycles. The molecule has 3 nitrogen and oxygen atoms in total. The van der Waals surface area contributed by atoms with Gasteiger partial charge in [-0.25, -0.2) is 0 Å². The lowest BCUT2D eigenvalue weighted by Crippen LogP contribution is -2.21. The van der Waals surface area contributed by atoms with Gasteiger partial charge in [-0.05, 0) is 38.1 Å². The fourth-order valence-electron chi connectivity index (χ4n) is 1.96. The van der Waals surface area contributed by atoms with E-state index in [9.17, 15) is 0 Å². The first-order valence-electron chi connectivity index (χ1n) is 5.78. The predicted octanol–water partition coefficient (Wildman–Crippen LogP) is 2.49. The zero-order valence-corrected chi connectivity index (χ0v) is 9.72. The maximum absolute atomic E-state index is 5.24. The molecule has 1 aromatic rings. The van der Waals surface area contributed by atoms with Crippen LogP contribution in [0.3, 0.4) is 0 Å². The zero-order chi connectivity index (χ0) is 11.2. The normalized spacial score (nSPS) is 17.1. The van der Waals surface area contributed by atoms with Gasteiger partial charge in [-0.3, -0.25) is 9.89 Å². The van der Waals surface area contributed by atoms with Gasteiger partial charge < -0.3 is 4.74 Å². The Balaban J connectivity index is 1.94. The van der Waals surface area contributed by atoms with Crippen LogP contribution in [0.4, 0.5) is 5.69 Å². The molecule has 1 aromatic carbocycles. The largest absolute Gasteiger partial charge is 0.494 e. The molecule has 3 heteroatoms. The summed E-state index contributed by atoms with van der Waals surface area (Å²) in [6.45, 7) is 3.36. The Kier molecular flexibility index (Phi) is 3.94. The number of benzene rings is 1. The molecule has 16 heavy (non-hydrogen) atoms. The summed E-state index contributed by atoms with van der Waals surface area (Å²) in [5.41, 5.74) is 0.907. The molecule has 1 aliphatic rings. The minimum Gasteiger partial charge on any atom is -0.494 e. The highest BCUT2D eigenvalue weighted by atomic mass is 16.5. The summed E-state index contributed by atoms with van der Waals surface area (Å²) >= 11 is 0. The fraction of sp³-hybridized carbons (Fsp3) is 0.462. The SMILES string of the molecule is COc1ccccc1N=CCN1CCCC1. The van der Waals surface area contributed by atoms with Gasteiger partial charge in [0, 0.05) is 12.8 Å². The van der Waals surface area contributed by atoms with Crippen LogP contribution in [0.5, 0.6) is 5.75 Å². The van der Waals surface area contributed by atoms with Gasteiger partial charge in [-0.15, -0.1) is 0 Å². The van der Waals surface area contributed by atoms with Crippen molar-refractivity contribution in [1.82, 2.24) is 4.90 Å². The quantitative estimate of drug-likeness (QED) is 0.725. The van der Waals surface area contributed by atoms with Crippen molar-refractivity contribution in [3.8, 4) is 5.75 Å². The summed E-state index contributed by atoms with van der Waals surface area (Å²) in [5, 5.41) is 0. The van der Waals surface area contributed by atoms with E-state index in [1.165, 1.54) is 25.9 Å². The van der Waals surface area contributed by atoms with Crippen LogP contribution in [0, 0.1) is 0 Å². The van der Waals surface area contributed by atoms with E-state index in [4.69, 9.17) is 4.74 Å². The Labute approximate surface area is 96.7 Å². The van der Waals surface area contributed by atoms with Crippen molar-refractivity contribution in [2.24, 2.45) is 4.99 Å². The van der Waals surface area contributed by atoms with Gasteiger partial charge in [0.1, 0.15) is 11.4 Å². The highest BCUT2D eigenvalue weighted by molar-refractivity contribution is 5.67. The van der Waals surface area contributed by atoms with Gasteiger partial charge >= 0.3 is 0 Å². The van der Waals surface area contributed by atoms with Crippen molar-refractivity contribution in [2.45, 2.75) is 12.8 Å². The predicted molar refractivity (Wildman–Crippen MR) is 66.8 cm³/mol. The topological polar surface area (TPSA) is 24.8 Å². The molecule has 0 N–H and O–H groups in total. The average molecular weight is 218 g/mol. The lowest BCUT2D eigenvalue weighted by Gasteiger charge is -2.10. The van der Waals surface area contributed by atoms with Crippen LogP contribution < -0.4 is 4.74 Å². The molecule has 86 valence electrons. The molecule has 0 unspecified atom stereocenters. The van der Waals surface area contributed by atoms with Crippen LogP contribution in [0.25, 0.3) is 0 Å². The smallest absolute Gasteiger partial charge is 0.144 e. The second kappa shape index (κ2) is 5.66. The number of hydrogen-bond acceptors (Lipinski definition) is 3. The Morgan fingerprint density at radius 1 is 1.31 bits per heavy atom. The van der Waals surface area contributed by atoms with Gasteiger partial charge in [0.05, 0.1) is 7.11 Å². The highest BCUT2D eigenvalue weighted by Gasteiger charge is 2.09. The van der Waals surface area contributed by atoms with Gasteiger partial charge in [0.25, 0.3) is 0 Å². The van der Waals surface area contributed by atoms with Crippen molar-refractivity contribution in [3.05, 3.63) is 24.3 Å². The number of nitrogens with zero attached hydrogens (tertiary/aromatic N) is 2. The molecular weight excluding hydrogens is 200 g/mol. The Morgan fingerprint density at radius 3 is 2.81 bits per heavy atom. The molecule has 2 rings (SSSR count).